The molecule has 1 aliphatic heterocycles. The highest BCUT2D eigenvalue weighted by atomic mass is 16.5. The second-order valence-electron chi connectivity index (χ2n) is 11.5. The summed E-state index contributed by atoms with van der Waals surface area (Å²) in [4.78, 5) is 29.1. The summed E-state index contributed by atoms with van der Waals surface area (Å²) in [6.45, 7) is 6.77. The number of anilines is 1. The van der Waals surface area contributed by atoms with E-state index < -0.39 is 5.41 Å². The molecule has 1 saturated heterocycles. The molecular formula is C34H36N6O2. The molecule has 0 atom stereocenters. The molecule has 4 heterocycles. The van der Waals surface area contributed by atoms with Crippen molar-refractivity contribution in [2.24, 2.45) is 11.3 Å². The van der Waals surface area contributed by atoms with Crippen LogP contribution in [0.25, 0.3) is 39.5 Å². The number of imidazole rings is 1. The molecule has 0 amide bonds. The predicted molar refractivity (Wildman–Crippen MR) is 166 cm³/mol. The van der Waals surface area contributed by atoms with Gasteiger partial charge in [-0.05, 0) is 87.7 Å². The molecule has 0 spiro atoms. The van der Waals surface area contributed by atoms with Crippen LogP contribution in [0.3, 0.4) is 0 Å². The Bertz CT molecular complexity index is 1700. The van der Waals surface area contributed by atoms with Gasteiger partial charge in [0, 0.05) is 24.0 Å². The average molecular weight is 561 g/mol. The molecule has 1 fully saturated rings. The maximum Gasteiger partial charge on any atom is 0.311 e. The first-order valence-electron chi connectivity index (χ1n) is 14.4. The van der Waals surface area contributed by atoms with Crippen molar-refractivity contribution < 1.29 is 9.53 Å². The lowest BCUT2D eigenvalue weighted by atomic mass is 9.73. The summed E-state index contributed by atoms with van der Waals surface area (Å²) in [5.74, 6) is 1.33. The van der Waals surface area contributed by atoms with Crippen LogP contribution in [0.5, 0.6) is 0 Å². The molecule has 214 valence electrons. The Balaban J connectivity index is 1.29. The van der Waals surface area contributed by atoms with Crippen LogP contribution < -0.4 is 5.73 Å². The zero-order valence-electron chi connectivity index (χ0n) is 24.3. The summed E-state index contributed by atoms with van der Waals surface area (Å²) >= 11 is 0. The van der Waals surface area contributed by atoms with Crippen LogP contribution in [-0.2, 0) is 16.1 Å². The van der Waals surface area contributed by atoms with Crippen molar-refractivity contribution in [2.75, 3.05) is 25.9 Å². The van der Waals surface area contributed by atoms with E-state index >= 15 is 0 Å². The fraction of sp³-hybridized carbons (Fsp3) is 0.294. The number of hydrogen-bond donors (Lipinski definition) is 1. The summed E-state index contributed by atoms with van der Waals surface area (Å²) in [6.07, 6.45) is 3.64. The first kappa shape index (κ1) is 27.6. The van der Waals surface area contributed by atoms with Gasteiger partial charge in [-0.2, -0.15) is 0 Å². The normalized spacial score (nSPS) is 14.7. The van der Waals surface area contributed by atoms with Crippen molar-refractivity contribution in [1.82, 2.24) is 24.4 Å². The summed E-state index contributed by atoms with van der Waals surface area (Å²) in [5.41, 5.74) is 12.3. The van der Waals surface area contributed by atoms with Crippen molar-refractivity contribution >= 4 is 23.0 Å². The van der Waals surface area contributed by atoms with Gasteiger partial charge in [0.25, 0.3) is 0 Å². The van der Waals surface area contributed by atoms with Crippen LogP contribution in [0.4, 0.5) is 5.82 Å². The van der Waals surface area contributed by atoms with E-state index in [1.807, 2.05) is 56.3 Å². The fourth-order valence-electron chi connectivity index (χ4n) is 6.01. The van der Waals surface area contributed by atoms with Crippen molar-refractivity contribution in [1.29, 1.82) is 0 Å². The molecule has 1 aliphatic rings. The van der Waals surface area contributed by atoms with Gasteiger partial charge in [0.15, 0.2) is 11.5 Å². The quantitative estimate of drug-likeness (QED) is 0.239. The number of esters is 1. The van der Waals surface area contributed by atoms with E-state index in [1.54, 1.807) is 6.20 Å². The van der Waals surface area contributed by atoms with Crippen LogP contribution in [0.15, 0.2) is 85.1 Å². The maximum absolute atomic E-state index is 12.3. The number of pyridine rings is 2. The lowest BCUT2D eigenvalue weighted by Gasteiger charge is -2.39. The van der Waals surface area contributed by atoms with E-state index in [2.05, 4.69) is 50.8 Å². The number of rotatable bonds is 7. The van der Waals surface area contributed by atoms with E-state index in [9.17, 15) is 4.79 Å². The average Bonchev–Trinajstić information content (AvgIpc) is 3.40. The highest BCUT2D eigenvalue weighted by Crippen LogP contribution is 2.37. The van der Waals surface area contributed by atoms with E-state index in [0.29, 0.717) is 17.6 Å². The minimum Gasteiger partial charge on any atom is -0.469 e. The zero-order valence-corrected chi connectivity index (χ0v) is 24.3. The maximum atomic E-state index is 12.3. The standard InChI is InChI=1S/C34H36N6O2/c1-34(2,33(41)42-3)25-17-20-39(21-18-25)22-23-11-13-26(14-12-23)40-31(27-10-7-19-36-30(27)35)38-29-16-15-28(37-32(29)40)24-8-5-4-6-9-24/h4-16,19,25H,17-18,20-22H2,1-3H3,(H2,35,36). The van der Waals surface area contributed by atoms with Crippen LogP contribution in [0.2, 0.25) is 0 Å². The molecule has 5 aromatic rings. The van der Waals surface area contributed by atoms with Crippen LogP contribution in [0.1, 0.15) is 32.3 Å². The number of likely N-dealkylation sites (tertiary alicyclic amines) is 1. The first-order chi connectivity index (χ1) is 20.3. The monoisotopic (exact) mass is 560 g/mol. The van der Waals surface area contributed by atoms with Gasteiger partial charge in [-0.3, -0.25) is 14.3 Å². The van der Waals surface area contributed by atoms with Gasteiger partial charge < -0.3 is 10.5 Å². The number of carbonyl (C=O) groups is 1. The van der Waals surface area contributed by atoms with Crippen molar-refractivity contribution in [3.05, 3.63) is 90.6 Å². The molecule has 8 nitrogen and oxygen atoms in total. The zero-order chi connectivity index (χ0) is 29.3. The Kier molecular flexibility index (Phi) is 7.47. The summed E-state index contributed by atoms with van der Waals surface area (Å²) in [5, 5.41) is 0. The summed E-state index contributed by atoms with van der Waals surface area (Å²) < 4.78 is 7.13. The van der Waals surface area contributed by atoms with Gasteiger partial charge in [-0.15, -0.1) is 0 Å². The van der Waals surface area contributed by atoms with Gasteiger partial charge in [0.1, 0.15) is 11.3 Å². The second-order valence-corrected chi connectivity index (χ2v) is 11.5. The number of piperidine rings is 1. The first-order valence-corrected chi connectivity index (χ1v) is 14.4. The minimum absolute atomic E-state index is 0.124. The van der Waals surface area contributed by atoms with E-state index in [-0.39, 0.29) is 5.97 Å². The lowest BCUT2D eigenvalue weighted by molar-refractivity contribution is -0.155. The van der Waals surface area contributed by atoms with Gasteiger partial charge in [-0.1, -0.05) is 42.5 Å². The number of nitrogens with zero attached hydrogens (tertiary/aromatic N) is 5. The smallest absolute Gasteiger partial charge is 0.311 e. The molecule has 0 bridgehead atoms. The largest absolute Gasteiger partial charge is 0.469 e. The Morgan fingerprint density at radius 1 is 0.952 bits per heavy atom. The molecular weight excluding hydrogens is 524 g/mol. The lowest BCUT2D eigenvalue weighted by Crippen LogP contribution is -2.42. The van der Waals surface area contributed by atoms with Crippen LogP contribution >= 0.6 is 0 Å². The predicted octanol–water partition coefficient (Wildman–Crippen LogP) is 6.14. The molecule has 8 heteroatoms. The molecule has 0 radical (unpaired) electrons. The summed E-state index contributed by atoms with van der Waals surface area (Å²) in [6, 6.07) is 26.6. The number of ether oxygens (including phenoxy) is 1. The molecule has 0 unspecified atom stereocenters. The van der Waals surface area contributed by atoms with Gasteiger partial charge in [-0.25, -0.2) is 15.0 Å². The van der Waals surface area contributed by atoms with Crippen molar-refractivity contribution in [3.8, 4) is 28.3 Å². The third kappa shape index (κ3) is 5.25. The molecule has 2 N–H and O–H groups in total. The molecule has 6 rings (SSSR count). The Labute approximate surface area is 246 Å². The number of benzene rings is 2. The Hall–Kier alpha value is -4.56. The summed E-state index contributed by atoms with van der Waals surface area (Å²) in [7, 11) is 1.47. The number of hydrogen-bond acceptors (Lipinski definition) is 7. The van der Waals surface area contributed by atoms with Crippen molar-refractivity contribution in [2.45, 2.75) is 33.2 Å². The molecule has 2 aromatic carbocycles. The number of fused-ring (bicyclic) bond motifs is 1. The molecule has 3 aromatic heterocycles. The minimum atomic E-state index is -0.458. The van der Waals surface area contributed by atoms with Gasteiger partial charge in [0.2, 0.25) is 0 Å². The molecule has 0 aliphatic carbocycles. The Morgan fingerprint density at radius 2 is 1.69 bits per heavy atom. The highest BCUT2D eigenvalue weighted by Gasteiger charge is 2.39. The number of methoxy groups -OCH3 is 1. The number of carbonyl (C=O) groups excluding carboxylic acids is 1. The van der Waals surface area contributed by atoms with Gasteiger partial charge in [0.05, 0.1) is 23.8 Å². The van der Waals surface area contributed by atoms with E-state index in [1.165, 1.54) is 12.7 Å². The second kappa shape index (κ2) is 11.4. The van der Waals surface area contributed by atoms with Crippen molar-refractivity contribution in [3.63, 3.8) is 0 Å². The molecule has 42 heavy (non-hydrogen) atoms. The topological polar surface area (TPSA) is 99.2 Å². The van der Waals surface area contributed by atoms with Gasteiger partial charge >= 0.3 is 5.97 Å². The van der Waals surface area contributed by atoms with E-state index in [4.69, 9.17) is 20.4 Å². The highest BCUT2D eigenvalue weighted by molar-refractivity contribution is 5.84. The fourth-order valence-corrected chi connectivity index (χ4v) is 6.01. The Morgan fingerprint density at radius 3 is 2.38 bits per heavy atom. The molecule has 0 saturated carbocycles. The van der Waals surface area contributed by atoms with E-state index in [0.717, 1.165) is 66.1 Å². The SMILES string of the molecule is COC(=O)C(C)(C)C1CCN(Cc2ccc(-n3c(-c4cccnc4N)nc4ccc(-c5ccccc5)nc43)cc2)CC1. The number of nitrogen functional groups attached to an aromatic ring is 1. The van der Waals surface area contributed by atoms with Crippen LogP contribution in [0, 0.1) is 11.3 Å². The number of aromatic nitrogens is 4. The van der Waals surface area contributed by atoms with Crippen LogP contribution in [-0.4, -0.2) is 50.6 Å². The number of nitrogens with two attached hydrogens (primary N) is 1. The third-order valence-electron chi connectivity index (χ3n) is 8.57. The third-order valence-corrected chi connectivity index (χ3v) is 8.57.